The molecule has 1 aliphatic carbocycles. The number of hydrogen-bond acceptors (Lipinski definition) is 4. The Balaban J connectivity index is 1.89. The molecule has 0 saturated heterocycles. The summed E-state index contributed by atoms with van der Waals surface area (Å²) < 4.78 is 10.7. The lowest BCUT2D eigenvalue weighted by atomic mass is 10.3. The predicted octanol–water partition coefficient (Wildman–Crippen LogP) is 0.742. The molecule has 16 heavy (non-hydrogen) atoms. The Bertz CT molecular complexity index is 174. The van der Waals surface area contributed by atoms with Crippen molar-refractivity contribution in [1.29, 1.82) is 0 Å². The Morgan fingerprint density at radius 1 is 1.38 bits per heavy atom. The fourth-order valence-electron chi connectivity index (χ4n) is 1.51. The van der Waals surface area contributed by atoms with Gasteiger partial charge in [0.05, 0.1) is 19.3 Å². The molecular weight excluding hydrogens is 206 g/mol. The normalized spacial score (nSPS) is 18.0. The molecule has 4 nitrogen and oxygen atoms in total. The van der Waals surface area contributed by atoms with E-state index in [1.54, 1.807) is 0 Å². The van der Waals surface area contributed by atoms with Gasteiger partial charge in [-0.05, 0) is 32.7 Å². The maximum atomic E-state index is 9.60. The lowest BCUT2D eigenvalue weighted by molar-refractivity contribution is 0.0193. The molecule has 0 radical (unpaired) electrons. The molecule has 1 N–H and O–H groups in total. The molecule has 0 spiro atoms. The second-order valence-corrected chi connectivity index (χ2v) is 4.59. The highest BCUT2D eigenvalue weighted by Crippen LogP contribution is 2.28. The van der Waals surface area contributed by atoms with Crippen LogP contribution in [0.1, 0.15) is 19.8 Å². The molecule has 1 unspecified atom stereocenters. The lowest BCUT2D eigenvalue weighted by Gasteiger charge is -2.20. The summed E-state index contributed by atoms with van der Waals surface area (Å²) in [6, 6.07) is 0. The third-order valence-electron chi connectivity index (χ3n) is 2.70. The molecule has 0 aromatic carbocycles. The minimum atomic E-state index is -0.395. The topological polar surface area (TPSA) is 41.9 Å². The fraction of sp³-hybridized carbons (Fsp3) is 1.00. The van der Waals surface area contributed by atoms with E-state index in [0.29, 0.717) is 19.8 Å². The molecule has 1 rings (SSSR count). The van der Waals surface area contributed by atoms with E-state index in [0.717, 1.165) is 25.7 Å². The predicted molar refractivity (Wildman–Crippen MR) is 63.5 cm³/mol. The van der Waals surface area contributed by atoms with Crippen molar-refractivity contribution in [3.8, 4) is 0 Å². The highest BCUT2D eigenvalue weighted by molar-refractivity contribution is 4.72. The Labute approximate surface area is 98.5 Å². The number of nitrogens with zero attached hydrogens (tertiary/aromatic N) is 1. The first-order valence-corrected chi connectivity index (χ1v) is 6.24. The van der Waals surface area contributed by atoms with E-state index in [1.165, 1.54) is 12.8 Å². The van der Waals surface area contributed by atoms with Gasteiger partial charge in [-0.3, -0.25) is 0 Å². The van der Waals surface area contributed by atoms with Gasteiger partial charge in [0, 0.05) is 26.3 Å². The van der Waals surface area contributed by atoms with Crippen molar-refractivity contribution >= 4 is 0 Å². The van der Waals surface area contributed by atoms with Crippen LogP contribution < -0.4 is 0 Å². The smallest absolute Gasteiger partial charge is 0.0900 e. The van der Waals surface area contributed by atoms with Crippen LogP contribution in [0.15, 0.2) is 0 Å². The van der Waals surface area contributed by atoms with Crippen molar-refractivity contribution in [3.63, 3.8) is 0 Å². The largest absolute Gasteiger partial charge is 0.389 e. The Morgan fingerprint density at radius 2 is 2.12 bits per heavy atom. The second kappa shape index (κ2) is 8.01. The minimum Gasteiger partial charge on any atom is -0.389 e. The van der Waals surface area contributed by atoms with Crippen molar-refractivity contribution in [2.24, 2.45) is 5.92 Å². The highest BCUT2D eigenvalue weighted by Gasteiger charge is 2.21. The Hall–Kier alpha value is -0.160. The number of rotatable bonds is 10. The van der Waals surface area contributed by atoms with E-state index >= 15 is 0 Å². The van der Waals surface area contributed by atoms with Crippen molar-refractivity contribution in [1.82, 2.24) is 4.90 Å². The zero-order valence-corrected chi connectivity index (χ0v) is 10.5. The van der Waals surface area contributed by atoms with E-state index in [9.17, 15) is 5.11 Å². The molecule has 0 amide bonds. The van der Waals surface area contributed by atoms with E-state index < -0.39 is 6.10 Å². The van der Waals surface area contributed by atoms with Crippen LogP contribution in [0.25, 0.3) is 0 Å². The highest BCUT2D eigenvalue weighted by atomic mass is 16.5. The summed E-state index contributed by atoms with van der Waals surface area (Å²) in [5.74, 6) is 0.828. The van der Waals surface area contributed by atoms with Gasteiger partial charge in [-0.1, -0.05) is 0 Å². The molecule has 1 atom stereocenters. The van der Waals surface area contributed by atoms with E-state index in [-0.39, 0.29) is 0 Å². The molecular formula is C12H25NO3. The third kappa shape index (κ3) is 7.17. The fourth-order valence-corrected chi connectivity index (χ4v) is 1.51. The quantitative estimate of drug-likeness (QED) is 0.563. The summed E-state index contributed by atoms with van der Waals surface area (Å²) in [6.45, 7) is 6.20. The first kappa shape index (κ1) is 13.9. The number of likely N-dealkylation sites (N-methyl/N-ethyl adjacent to an activating group) is 1. The van der Waals surface area contributed by atoms with Crippen LogP contribution in [-0.4, -0.2) is 62.7 Å². The summed E-state index contributed by atoms with van der Waals surface area (Å²) in [6.07, 6.45) is 2.28. The van der Waals surface area contributed by atoms with Gasteiger partial charge < -0.3 is 19.5 Å². The Kier molecular flexibility index (Phi) is 6.96. The minimum absolute atomic E-state index is 0.395. The SMILES string of the molecule is CCOCC(O)CN(C)CCOCC1CC1. The summed E-state index contributed by atoms with van der Waals surface area (Å²) >= 11 is 0. The van der Waals surface area contributed by atoms with Gasteiger partial charge in [0.25, 0.3) is 0 Å². The number of hydrogen-bond donors (Lipinski definition) is 1. The third-order valence-corrected chi connectivity index (χ3v) is 2.70. The van der Waals surface area contributed by atoms with E-state index in [1.807, 2.05) is 14.0 Å². The van der Waals surface area contributed by atoms with Gasteiger partial charge in [0.15, 0.2) is 0 Å². The molecule has 0 aromatic heterocycles. The van der Waals surface area contributed by atoms with Crippen LogP contribution in [0.5, 0.6) is 0 Å². The van der Waals surface area contributed by atoms with Crippen LogP contribution >= 0.6 is 0 Å². The zero-order chi connectivity index (χ0) is 11.8. The molecule has 0 aromatic rings. The zero-order valence-electron chi connectivity index (χ0n) is 10.5. The van der Waals surface area contributed by atoms with Gasteiger partial charge >= 0.3 is 0 Å². The number of ether oxygens (including phenoxy) is 2. The summed E-state index contributed by atoms with van der Waals surface area (Å²) in [5.41, 5.74) is 0. The number of aliphatic hydroxyl groups is 1. The first-order chi connectivity index (χ1) is 7.72. The molecule has 0 heterocycles. The molecule has 0 aliphatic heterocycles. The van der Waals surface area contributed by atoms with Crippen LogP contribution in [-0.2, 0) is 9.47 Å². The van der Waals surface area contributed by atoms with Crippen molar-refractivity contribution < 1.29 is 14.6 Å². The van der Waals surface area contributed by atoms with Crippen LogP contribution in [0.2, 0.25) is 0 Å². The molecule has 96 valence electrons. The molecule has 4 heteroatoms. The van der Waals surface area contributed by atoms with Gasteiger partial charge in [-0.2, -0.15) is 0 Å². The average Bonchev–Trinajstić information content (AvgIpc) is 3.05. The van der Waals surface area contributed by atoms with Gasteiger partial charge in [0.2, 0.25) is 0 Å². The van der Waals surface area contributed by atoms with Gasteiger partial charge in [-0.15, -0.1) is 0 Å². The number of aliphatic hydroxyl groups excluding tert-OH is 1. The van der Waals surface area contributed by atoms with Crippen LogP contribution in [0, 0.1) is 5.92 Å². The molecule has 1 saturated carbocycles. The van der Waals surface area contributed by atoms with Gasteiger partial charge in [0.1, 0.15) is 0 Å². The summed E-state index contributed by atoms with van der Waals surface area (Å²) in [4.78, 5) is 2.08. The standard InChI is InChI=1S/C12H25NO3/c1-3-15-10-12(14)8-13(2)6-7-16-9-11-4-5-11/h11-12,14H,3-10H2,1-2H3. The van der Waals surface area contributed by atoms with Crippen molar-refractivity contribution in [2.75, 3.05) is 46.6 Å². The molecule has 1 aliphatic rings. The van der Waals surface area contributed by atoms with Crippen LogP contribution in [0.3, 0.4) is 0 Å². The lowest BCUT2D eigenvalue weighted by Crippen LogP contribution is -2.34. The first-order valence-electron chi connectivity index (χ1n) is 6.24. The molecule has 1 fully saturated rings. The van der Waals surface area contributed by atoms with E-state index in [4.69, 9.17) is 9.47 Å². The van der Waals surface area contributed by atoms with Crippen LogP contribution in [0.4, 0.5) is 0 Å². The Morgan fingerprint density at radius 3 is 2.75 bits per heavy atom. The van der Waals surface area contributed by atoms with Gasteiger partial charge in [-0.25, -0.2) is 0 Å². The van der Waals surface area contributed by atoms with Crippen molar-refractivity contribution in [3.05, 3.63) is 0 Å². The summed E-state index contributed by atoms with van der Waals surface area (Å²) in [5, 5.41) is 9.60. The average molecular weight is 231 g/mol. The second-order valence-electron chi connectivity index (χ2n) is 4.59. The van der Waals surface area contributed by atoms with Crippen molar-refractivity contribution in [2.45, 2.75) is 25.9 Å². The molecule has 0 bridgehead atoms. The monoisotopic (exact) mass is 231 g/mol. The maximum Gasteiger partial charge on any atom is 0.0900 e. The van der Waals surface area contributed by atoms with E-state index in [2.05, 4.69) is 4.90 Å². The maximum absolute atomic E-state index is 9.60. The summed E-state index contributed by atoms with van der Waals surface area (Å²) in [7, 11) is 2.00.